The van der Waals surface area contributed by atoms with E-state index < -0.39 is 12.0 Å². The Hall–Kier alpha value is -1.88. The highest BCUT2D eigenvalue weighted by atomic mass is 16.5. The molecule has 0 aromatic heterocycles. The van der Waals surface area contributed by atoms with Crippen LogP contribution in [0.15, 0.2) is 24.3 Å². The second kappa shape index (κ2) is 6.52. The molecule has 5 heteroatoms. The molecule has 0 spiro atoms. The summed E-state index contributed by atoms with van der Waals surface area (Å²) in [7, 11) is 0. The van der Waals surface area contributed by atoms with Crippen molar-refractivity contribution in [2.24, 2.45) is 0 Å². The molecule has 1 aromatic rings. The Morgan fingerprint density at radius 1 is 1.35 bits per heavy atom. The quantitative estimate of drug-likeness (QED) is 0.806. The summed E-state index contributed by atoms with van der Waals surface area (Å²) in [6.07, 6.45) is 1.48. The third-order valence-electron chi connectivity index (χ3n) is 3.34. The van der Waals surface area contributed by atoms with E-state index in [1.165, 1.54) is 4.90 Å². The largest absolute Gasteiger partial charge is 0.480 e. The number of carboxylic acid groups (broad SMARTS) is 1. The maximum Gasteiger partial charge on any atom is 0.327 e. The number of fused-ring (bicyclic) bond motifs is 1. The first-order valence-corrected chi connectivity index (χ1v) is 6.85. The normalized spacial score (nSPS) is 17.1. The van der Waals surface area contributed by atoms with Crippen LogP contribution in [0.5, 0.6) is 0 Å². The Morgan fingerprint density at radius 2 is 2.10 bits per heavy atom. The van der Waals surface area contributed by atoms with Crippen molar-refractivity contribution in [1.82, 2.24) is 0 Å². The van der Waals surface area contributed by atoms with Crippen LogP contribution in [0.4, 0.5) is 5.69 Å². The maximum absolute atomic E-state index is 12.3. The van der Waals surface area contributed by atoms with Crippen molar-refractivity contribution in [1.29, 1.82) is 0 Å². The molecule has 0 saturated carbocycles. The van der Waals surface area contributed by atoms with Crippen molar-refractivity contribution in [2.75, 3.05) is 18.1 Å². The van der Waals surface area contributed by atoms with Gasteiger partial charge >= 0.3 is 5.97 Å². The number of carbonyl (C=O) groups excluding carboxylic acids is 1. The van der Waals surface area contributed by atoms with E-state index in [1.54, 1.807) is 6.07 Å². The molecule has 0 fully saturated rings. The zero-order valence-electron chi connectivity index (χ0n) is 11.5. The maximum atomic E-state index is 12.3. The van der Waals surface area contributed by atoms with Gasteiger partial charge in [-0.3, -0.25) is 9.69 Å². The summed E-state index contributed by atoms with van der Waals surface area (Å²) in [5.41, 5.74) is 1.61. The summed E-state index contributed by atoms with van der Waals surface area (Å²) in [6, 6.07) is 6.54. The minimum absolute atomic E-state index is 0.196. The van der Waals surface area contributed by atoms with Gasteiger partial charge < -0.3 is 9.84 Å². The molecule has 108 valence electrons. The van der Waals surface area contributed by atoms with Crippen LogP contribution >= 0.6 is 0 Å². The third-order valence-corrected chi connectivity index (χ3v) is 3.34. The van der Waals surface area contributed by atoms with Crippen molar-refractivity contribution in [3.8, 4) is 0 Å². The smallest absolute Gasteiger partial charge is 0.327 e. The molecule has 1 amide bonds. The lowest BCUT2D eigenvalue weighted by molar-refractivity contribution is -0.140. The van der Waals surface area contributed by atoms with Crippen LogP contribution in [0.25, 0.3) is 0 Å². The van der Waals surface area contributed by atoms with Gasteiger partial charge in [0.05, 0.1) is 13.0 Å². The summed E-state index contributed by atoms with van der Waals surface area (Å²) in [5, 5.41) is 9.29. The number of benzene rings is 1. The highest BCUT2D eigenvalue weighted by molar-refractivity contribution is 6.01. The minimum Gasteiger partial charge on any atom is -0.480 e. The second-order valence-electron chi connectivity index (χ2n) is 4.81. The van der Waals surface area contributed by atoms with Crippen molar-refractivity contribution in [3.05, 3.63) is 29.8 Å². The van der Waals surface area contributed by atoms with E-state index in [0.717, 1.165) is 12.0 Å². The summed E-state index contributed by atoms with van der Waals surface area (Å²) in [5.74, 6) is -1.16. The van der Waals surface area contributed by atoms with E-state index in [-0.39, 0.29) is 12.3 Å². The third kappa shape index (κ3) is 2.99. The molecule has 1 heterocycles. The minimum atomic E-state index is -0.968. The number of nitrogens with zero attached hydrogens (tertiary/aromatic N) is 1. The number of carbonyl (C=O) groups is 2. The Balaban J connectivity index is 2.10. The molecule has 1 atom stereocenters. The molecule has 20 heavy (non-hydrogen) atoms. The number of anilines is 1. The van der Waals surface area contributed by atoms with Gasteiger partial charge in [-0.2, -0.15) is 0 Å². The highest BCUT2D eigenvalue weighted by Gasteiger charge is 2.37. The van der Waals surface area contributed by atoms with Gasteiger partial charge in [0.2, 0.25) is 5.91 Å². The molecule has 1 N–H and O–H groups in total. The van der Waals surface area contributed by atoms with Gasteiger partial charge in [-0.05, 0) is 18.1 Å². The number of rotatable bonds is 6. The fourth-order valence-electron chi connectivity index (χ4n) is 2.42. The Labute approximate surface area is 118 Å². The van der Waals surface area contributed by atoms with E-state index in [1.807, 2.05) is 25.1 Å². The van der Waals surface area contributed by atoms with Crippen LogP contribution in [-0.4, -0.2) is 36.2 Å². The molecule has 5 nitrogen and oxygen atoms in total. The number of hydrogen-bond acceptors (Lipinski definition) is 3. The predicted octanol–water partition coefficient (Wildman–Crippen LogP) is 1.85. The fourth-order valence-corrected chi connectivity index (χ4v) is 2.42. The van der Waals surface area contributed by atoms with Crippen LogP contribution in [0.3, 0.4) is 0 Å². The molecule has 0 saturated heterocycles. The molecule has 1 aliphatic rings. The van der Waals surface area contributed by atoms with Crippen LogP contribution in [0, 0.1) is 0 Å². The Morgan fingerprint density at radius 3 is 2.80 bits per heavy atom. The molecule has 1 aliphatic heterocycles. The van der Waals surface area contributed by atoms with Crippen LogP contribution in [-0.2, 0) is 20.7 Å². The lowest BCUT2D eigenvalue weighted by Crippen LogP contribution is -2.43. The zero-order chi connectivity index (χ0) is 14.5. The number of hydrogen-bond donors (Lipinski definition) is 1. The Kier molecular flexibility index (Phi) is 4.74. The molecule has 0 bridgehead atoms. The lowest BCUT2D eigenvalue weighted by Gasteiger charge is -2.22. The first-order valence-electron chi connectivity index (χ1n) is 6.85. The van der Waals surface area contributed by atoms with Crippen molar-refractivity contribution < 1.29 is 19.4 Å². The topological polar surface area (TPSA) is 66.8 Å². The average Bonchev–Trinajstić information content (AvgIpc) is 2.83. The van der Waals surface area contributed by atoms with Crippen LogP contribution in [0.1, 0.15) is 25.3 Å². The standard InChI is InChI=1S/C15H19NO4/c1-2-8-20-9-7-14(17)16-12-6-4-3-5-11(12)10-13(16)15(18)19/h3-6,13H,2,7-10H2,1H3,(H,18,19)/t13-/m0/s1. The van der Waals surface area contributed by atoms with Crippen molar-refractivity contribution in [3.63, 3.8) is 0 Å². The van der Waals surface area contributed by atoms with E-state index in [9.17, 15) is 14.7 Å². The summed E-state index contributed by atoms with van der Waals surface area (Å²) >= 11 is 0. The van der Waals surface area contributed by atoms with E-state index in [2.05, 4.69) is 0 Å². The number of para-hydroxylation sites is 1. The van der Waals surface area contributed by atoms with Crippen molar-refractivity contribution >= 4 is 17.6 Å². The molecular weight excluding hydrogens is 258 g/mol. The predicted molar refractivity (Wildman–Crippen MR) is 74.8 cm³/mol. The monoisotopic (exact) mass is 277 g/mol. The van der Waals surface area contributed by atoms with Gasteiger partial charge in [-0.15, -0.1) is 0 Å². The molecule has 2 rings (SSSR count). The van der Waals surface area contributed by atoms with Gasteiger partial charge in [0.15, 0.2) is 0 Å². The number of ether oxygens (including phenoxy) is 1. The SMILES string of the molecule is CCCOCCC(=O)N1c2ccccc2C[C@H]1C(=O)O. The Bertz CT molecular complexity index is 500. The fraction of sp³-hybridized carbons (Fsp3) is 0.467. The molecule has 0 aliphatic carbocycles. The summed E-state index contributed by atoms with van der Waals surface area (Å²) in [4.78, 5) is 25.0. The number of aliphatic carboxylic acids is 1. The van der Waals surface area contributed by atoms with E-state index in [0.29, 0.717) is 25.3 Å². The molecule has 0 radical (unpaired) electrons. The van der Waals surface area contributed by atoms with Gasteiger partial charge in [0, 0.05) is 18.7 Å². The van der Waals surface area contributed by atoms with E-state index in [4.69, 9.17) is 4.74 Å². The second-order valence-corrected chi connectivity index (χ2v) is 4.81. The average molecular weight is 277 g/mol. The van der Waals surface area contributed by atoms with E-state index >= 15 is 0 Å². The molecule has 0 unspecified atom stereocenters. The van der Waals surface area contributed by atoms with Crippen LogP contribution < -0.4 is 4.90 Å². The zero-order valence-corrected chi connectivity index (χ0v) is 11.5. The van der Waals surface area contributed by atoms with Crippen molar-refractivity contribution in [2.45, 2.75) is 32.2 Å². The molecular formula is C15H19NO4. The number of carboxylic acids is 1. The molecule has 1 aromatic carbocycles. The van der Waals surface area contributed by atoms with Crippen LogP contribution in [0.2, 0.25) is 0 Å². The first kappa shape index (κ1) is 14.5. The first-order chi connectivity index (χ1) is 9.65. The van der Waals surface area contributed by atoms with Gasteiger partial charge in [-0.1, -0.05) is 25.1 Å². The lowest BCUT2D eigenvalue weighted by atomic mass is 10.1. The highest BCUT2D eigenvalue weighted by Crippen LogP contribution is 2.32. The summed E-state index contributed by atoms with van der Waals surface area (Å²) in [6.45, 7) is 2.95. The summed E-state index contributed by atoms with van der Waals surface area (Å²) < 4.78 is 5.30. The van der Waals surface area contributed by atoms with Gasteiger partial charge in [0.25, 0.3) is 0 Å². The van der Waals surface area contributed by atoms with Gasteiger partial charge in [0.1, 0.15) is 6.04 Å². The van der Waals surface area contributed by atoms with Gasteiger partial charge in [-0.25, -0.2) is 4.79 Å². The number of amides is 1.